The van der Waals surface area contributed by atoms with Crippen LogP contribution in [0, 0.1) is 0 Å². The van der Waals surface area contributed by atoms with Gasteiger partial charge in [-0.1, -0.05) is 12.1 Å². The highest BCUT2D eigenvalue weighted by molar-refractivity contribution is 7.22. The summed E-state index contributed by atoms with van der Waals surface area (Å²) in [6.07, 6.45) is 0.338. The van der Waals surface area contributed by atoms with E-state index in [1.54, 1.807) is 54.5 Å². The lowest BCUT2D eigenvalue weighted by atomic mass is 10.0. The van der Waals surface area contributed by atoms with Gasteiger partial charge in [-0.2, -0.15) is 0 Å². The van der Waals surface area contributed by atoms with E-state index in [1.165, 1.54) is 11.3 Å². The fourth-order valence-electron chi connectivity index (χ4n) is 4.05. The summed E-state index contributed by atoms with van der Waals surface area (Å²) >= 11 is 3.07. The van der Waals surface area contributed by atoms with Gasteiger partial charge >= 0.3 is 6.09 Å². The number of thiazole rings is 1. The van der Waals surface area contributed by atoms with Crippen molar-refractivity contribution < 1.29 is 23.8 Å². The van der Waals surface area contributed by atoms with E-state index in [2.05, 4.69) is 5.32 Å². The molecule has 2 aromatic carbocycles. The molecule has 1 N–H and O–H groups in total. The number of nitrogens with zero attached hydrogens (tertiary/aromatic N) is 2. The van der Waals surface area contributed by atoms with E-state index in [0.29, 0.717) is 42.6 Å². The van der Waals surface area contributed by atoms with Crippen molar-refractivity contribution in [3.63, 3.8) is 0 Å². The Labute approximate surface area is 216 Å². The molecule has 1 aliphatic heterocycles. The third-order valence-electron chi connectivity index (χ3n) is 5.77. The van der Waals surface area contributed by atoms with Gasteiger partial charge < -0.3 is 24.4 Å². The van der Waals surface area contributed by atoms with Crippen molar-refractivity contribution >= 4 is 49.9 Å². The maximum atomic E-state index is 12.9. The average molecular weight is 524 g/mol. The van der Waals surface area contributed by atoms with E-state index in [0.717, 1.165) is 31.2 Å². The molecule has 4 aromatic rings. The third-order valence-corrected chi connectivity index (χ3v) is 7.96. The number of nitrogens with one attached hydrogen (secondary N) is 1. The SMILES string of the molecule is CCOC(=O)N1CCc2c(sc(NC(=O)COc3ccc(OC)cc3)c2-c2nc3ccccc3s2)C1. The summed E-state index contributed by atoms with van der Waals surface area (Å²) in [5, 5.41) is 4.60. The van der Waals surface area contributed by atoms with Crippen molar-refractivity contribution in [2.45, 2.75) is 19.9 Å². The number of thiophene rings is 1. The molecule has 0 fully saturated rings. The molecule has 2 amide bonds. The predicted octanol–water partition coefficient (Wildman–Crippen LogP) is 5.57. The zero-order valence-corrected chi connectivity index (χ0v) is 21.5. The minimum atomic E-state index is -0.323. The Balaban J connectivity index is 1.41. The second kappa shape index (κ2) is 10.5. The first-order chi connectivity index (χ1) is 17.6. The molecule has 0 atom stereocenters. The van der Waals surface area contributed by atoms with Gasteiger partial charge in [0.25, 0.3) is 5.91 Å². The van der Waals surface area contributed by atoms with Crippen LogP contribution in [-0.2, 0) is 22.5 Å². The van der Waals surface area contributed by atoms with Gasteiger partial charge in [0.1, 0.15) is 21.5 Å². The van der Waals surface area contributed by atoms with Crippen LogP contribution in [0.1, 0.15) is 17.4 Å². The molecule has 0 saturated carbocycles. The van der Waals surface area contributed by atoms with Crippen LogP contribution >= 0.6 is 22.7 Å². The first-order valence-electron chi connectivity index (χ1n) is 11.5. The monoisotopic (exact) mass is 523 g/mol. The van der Waals surface area contributed by atoms with Crippen molar-refractivity contribution in [1.82, 2.24) is 9.88 Å². The van der Waals surface area contributed by atoms with Crippen molar-refractivity contribution in [2.75, 3.05) is 32.2 Å². The molecule has 3 heterocycles. The highest BCUT2D eigenvalue weighted by atomic mass is 32.1. The normalized spacial score (nSPS) is 12.8. The average Bonchev–Trinajstić information content (AvgIpc) is 3.48. The largest absolute Gasteiger partial charge is 0.497 e. The van der Waals surface area contributed by atoms with Crippen LogP contribution in [-0.4, -0.2) is 48.8 Å². The maximum Gasteiger partial charge on any atom is 0.410 e. The van der Waals surface area contributed by atoms with E-state index < -0.39 is 0 Å². The number of hydrogen-bond donors (Lipinski definition) is 1. The number of benzene rings is 2. The number of carbonyl (C=O) groups is 2. The Hall–Kier alpha value is -3.63. The smallest absolute Gasteiger partial charge is 0.410 e. The summed E-state index contributed by atoms with van der Waals surface area (Å²) in [5.74, 6) is 1.02. The summed E-state index contributed by atoms with van der Waals surface area (Å²) < 4.78 is 17.1. The minimum absolute atomic E-state index is 0.136. The van der Waals surface area contributed by atoms with Gasteiger partial charge in [-0.25, -0.2) is 9.78 Å². The van der Waals surface area contributed by atoms with Crippen molar-refractivity contribution in [3.8, 4) is 22.1 Å². The lowest BCUT2D eigenvalue weighted by Crippen LogP contribution is -2.35. The first kappa shape index (κ1) is 24.1. The molecule has 0 aliphatic carbocycles. The molecular weight excluding hydrogens is 498 g/mol. The number of para-hydroxylation sites is 1. The first-order valence-corrected chi connectivity index (χ1v) is 13.2. The van der Waals surface area contributed by atoms with Crippen molar-refractivity contribution in [3.05, 3.63) is 59.0 Å². The highest BCUT2D eigenvalue weighted by Crippen LogP contribution is 2.45. The zero-order chi connectivity index (χ0) is 25.1. The molecule has 186 valence electrons. The second-order valence-electron chi connectivity index (χ2n) is 8.08. The number of amides is 2. The number of fused-ring (bicyclic) bond motifs is 2. The fraction of sp³-hybridized carbons (Fsp3) is 0.269. The second-order valence-corrected chi connectivity index (χ2v) is 10.2. The van der Waals surface area contributed by atoms with E-state index in [4.69, 9.17) is 19.2 Å². The van der Waals surface area contributed by atoms with Crippen molar-refractivity contribution in [2.24, 2.45) is 0 Å². The van der Waals surface area contributed by atoms with Crippen LogP contribution in [0.5, 0.6) is 11.5 Å². The van der Waals surface area contributed by atoms with Gasteiger partial charge in [0.15, 0.2) is 6.61 Å². The Morgan fingerprint density at radius 2 is 1.86 bits per heavy atom. The Morgan fingerprint density at radius 1 is 1.08 bits per heavy atom. The van der Waals surface area contributed by atoms with Gasteiger partial charge in [-0.3, -0.25) is 4.79 Å². The van der Waals surface area contributed by atoms with Gasteiger partial charge in [0.2, 0.25) is 0 Å². The lowest BCUT2D eigenvalue weighted by Gasteiger charge is -2.26. The quantitative estimate of drug-likeness (QED) is 0.341. The number of aromatic nitrogens is 1. The molecule has 0 spiro atoms. The number of rotatable bonds is 7. The van der Waals surface area contributed by atoms with E-state index in [1.807, 2.05) is 24.3 Å². The number of carbonyl (C=O) groups excluding carboxylic acids is 2. The number of methoxy groups -OCH3 is 1. The molecule has 0 saturated heterocycles. The van der Waals surface area contributed by atoms with Crippen molar-refractivity contribution in [1.29, 1.82) is 0 Å². The molecule has 0 bridgehead atoms. The summed E-state index contributed by atoms with van der Waals surface area (Å²) in [5.41, 5.74) is 2.96. The topological polar surface area (TPSA) is 90.0 Å². The van der Waals surface area contributed by atoms with E-state index >= 15 is 0 Å². The Bertz CT molecular complexity index is 1360. The molecular formula is C26H25N3O5S2. The minimum Gasteiger partial charge on any atom is -0.497 e. The summed E-state index contributed by atoms with van der Waals surface area (Å²) in [6.45, 7) is 2.98. The van der Waals surface area contributed by atoms with Crippen LogP contribution in [0.2, 0.25) is 0 Å². The van der Waals surface area contributed by atoms with E-state index in [-0.39, 0.29) is 18.6 Å². The fourth-order valence-corrected chi connectivity index (χ4v) is 6.44. The molecule has 2 aromatic heterocycles. The number of ether oxygens (including phenoxy) is 3. The zero-order valence-electron chi connectivity index (χ0n) is 19.9. The molecule has 0 radical (unpaired) electrons. The van der Waals surface area contributed by atoms with Gasteiger partial charge in [0.05, 0.1) is 30.5 Å². The summed E-state index contributed by atoms with van der Waals surface area (Å²) in [4.78, 5) is 32.8. The maximum absolute atomic E-state index is 12.9. The van der Waals surface area contributed by atoms with Gasteiger partial charge in [-0.15, -0.1) is 22.7 Å². The Kier molecular flexibility index (Phi) is 7.06. The molecule has 1 aliphatic rings. The van der Waals surface area contributed by atoms with Crippen LogP contribution in [0.15, 0.2) is 48.5 Å². The number of anilines is 1. The molecule has 8 nitrogen and oxygen atoms in total. The Morgan fingerprint density at radius 3 is 2.61 bits per heavy atom. The van der Waals surface area contributed by atoms with Crippen LogP contribution in [0.3, 0.4) is 0 Å². The van der Waals surface area contributed by atoms with Gasteiger partial charge in [-0.05, 0) is 55.3 Å². The molecule has 36 heavy (non-hydrogen) atoms. The molecule has 0 unspecified atom stereocenters. The van der Waals surface area contributed by atoms with E-state index in [9.17, 15) is 9.59 Å². The van der Waals surface area contributed by atoms with Crippen LogP contribution in [0.4, 0.5) is 9.80 Å². The highest BCUT2D eigenvalue weighted by Gasteiger charge is 2.30. The number of hydrogen-bond acceptors (Lipinski definition) is 8. The lowest BCUT2D eigenvalue weighted by molar-refractivity contribution is -0.118. The molecule has 10 heteroatoms. The molecule has 5 rings (SSSR count). The standard InChI is InChI=1S/C26H25N3O5S2/c1-3-33-26(31)29-13-12-18-21(14-29)36-25(23(18)24-27-19-6-4-5-7-20(19)35-24)28-22(30)15-34-17-10-8-16(32-2)9-11-17/h4-11H,3,12-15H2,1-2H3,(H,28,30). The third kappa shape index (κ3) is 5.00. The van der Waals surface area contributed by atoms with Crippen LogP contribution < -0.4 is 14.8 Å². The summed E-state index contributed by atoms with van der Waals surface area (Å²) in [7, 11) is 1.60. The van der Waals surface area contributed by atoms with Crippen LogP contribution in [0.25, 0.3) is 20.8 Å². The van der Waals surface area contributed by atoms with Gasteiger partial charge in [0, 0.05) is 17.0 Å². The predicted molar refractivity (Wildman–Crippen MR) is 141 cm³/mol. The summed E-state index contributed by atoms with van der Waals surface area (Å²) in [6, 6.07) is 15.0.